The summed E-state index contributed by atoms with van der Waals surface area (Å²) in [6.07, 6.45) is 8.73. The molecule has 0 saturated heterocycles. The molecule has 0 aromatic carbocycles. The maximum absolute atomic E-state index is 11.9. The van der Waals surface area contributed by atoms with E-state index in [2.05, 4.69) is 15.5 Å². The summed E-state index contributed by atoms with van der Waals surface area (Å²) in [4.78, 5) is 16.3. The van der Waals surface area contributed by atoms with Crippen molar-refractivity contribution in [2.75, 3.05) is 6.54 Å². The molecule has 2 aliphatic rings. The number of rotatable bonds is 5. The number of carbonyl (C=O) groups excluding carboxylic acids is 1. The number of nitrogens with one attached hydrogen (secondary N) is 1. The van der Waals surface area contributed by atoms with E-state index in [0.717, 1.165) is 18.7 Å². The Kier molecular flexibility index (Phi) is 3.80. The Morgan fingerprint density at radius 2 is 2.00 bits per heavy atom. The van der Waals surface area contributed by atoms with Crippen LogP contribution in [0.15, 0.2) is 4.52 Å². The molecule has 0 bridgehead atoms. The molecule has 2 aliphatic carbocycles. The second-order valence-corrected chi connectivity index (χ2v) is 5.70. The minimum Gasteiger partial charge on any atom is -0.355 e. The fourth-order valence-corrected chi connectivity index (χ4v) is 2.67. The lowest BCUT2D eigenvalue weighted by molar-refractivity contribution is -0.125. The van der Waals surface area contributed by atoms with E-state index < -0.39 is 0 Å². The molecule has 0 spiro atoms. The van der Waals surface area contributed by atoms with E-state index in [4.69, 9.17) is 4.52 Å². The van der Waals surface area contributed by atoms with Crippen molar-refractivity contribution in [2.24, 2.45) is 5.92 Å². The lowest BCUT2D eigenvalue weighted by atomic mass is 9.89. The summed E-state index contributed by atoms with van der Waals surface area (Å²) in [5.74, 6) is 2.41. The van der Waals surface area contributed by atoms with Crippen molar-refractivity contribution in [1.82, 2.24) is 15.5 Å². The highest BCUT2D eigenvalue weighted by molar-refractivity contribution is 5.78. The fraction of sp³-hybridized carbons (Fsp3) is 0.786. The molecule has 5 nitrogen and oxygen atoms in total. The number of aromatic nitrogens is 2. The molecule has 1 aromatic rings. The molecule has 0 aliphatic heterocycles. The Bertz CT molecular complexity index is 434. The summed E-state index contributed by atoms with van der Waals surface area (Å²) < 4.78 is 5.19. The zero-order chi connectivity index (χ0) is 13.1. The molecule has 1 aromatic heterocycles. The van der Waals surface area contributed by atoms with Gasteiger partial charge in [0.15, 0.2) is 5.82 Å². The summed E-state index contributed by atoms with van der Waals surface area (Å²) in [5.41, 5.74) is 0. The number of hydrogen-bond donors (Lipinski definition) is 1. The number of nitrogens with zero attached hydrogens (tertiary/aromatic N) is 2. The van der Waals surface area contributed by atoms with Gasteiger partial charge < -0.3 is 9.84 Å². The predicted molar refractivity (Wildman–Crippen MR) is 69.6 cm³/mol. The minimum absolute atomic E-state index is 0.200. The highest BCUT2D eigenvalue weighted by atomic mass is 16.5. The third-order valence-electron chi connectivity index (χ3n) is 4.03. The smallest absolute Gasteiger partial charge is 0.229 e. The third-order valence-corrected chi connectivity index (χ3v) is 4.03. The van der Waals surface area contributed by atoms with E-state index >= 15 is 0 Å². The van der Waals surface area contributed by atoms with Gasteiger partial charge in [-0.05, 0) is 25.7 Å². The van der Waals surface area contributed by atoms with Crippen molar-refractivity contribution < 1.29 is 9.32 Å². The fourth-order valence-electron chi connectivity index (χ4n) is 2.67. The van der Waals surface area contributed by atoms with Crippen LogP contribution in [-0.2, 0) is 11.2 Å². The van der Waals surface area contributed by atoms with Crippen molar-refractivity contribution in [3.63, 3.8) is 0 Å². The monoisotopic (exact) mass is 263 g/mol. The van der Waals surface area contributed by atoms with Crippen LogP contribution in [0.2, 0.25) is 0 Å². The zero-order valence-corrected chi connectivity index (χ0v) is 11.2. The van der Waals surface area contributed by atoms with E-state index in [9.17, 15) is 4.79 Å². The van der Waals surface area contributed by atoms with Gasteiger partial charge in [-0.3, -0.25) is 4.79 Å². The van der Waals surface area contributed by atoms with Gasteiger partial charge in [-0.25, -0.2) is 0 Å². The molecule has 5 heteroatoms. The summed E-state index contributed by atoms with van der Waals surface area (Å²) in [6, 6.07) is 0. The Labute approximate surface area is 113 Å². The van der Waals surface area contributed by atoms with Gasteiger partial charge in [-0.2, -0.15) is 4.98 Å². The largest absolute Gasteiger partial charge is 0.355 e. The van der Waals surface area contributed by atoms with Crippen LogP contribution in [0.4, 0.5) is 0 Å². The standard InChI is InChI=1S/C14H21N3O2/c18-13(10-4-2-1-3-5-10)15-9-8-12-16-14(19-17-12)11-6-7-11/h10-11H,1-9H2,(H,15,18). The third kappa shape index (κ3) is 3.33. The average Bonchev–Trinajstić information content (AvgIpc) is 3.20. The molecule has 3 rings (SSSR count). The van der Waals surface area contributed by atoms with E-state index in [1.807, 2.05) is 0 Å². The van der Waals surface area contributed by atoms with Gasteiger partial charge in [-0.1, -0.05) is 24.4 Å². The highest BCUT2D eigenvalue weighted by Gasteiger charge is 2.29. The lowest BCUT2D eigenvalue weighted by Gasteiger charge is -2.20. The molecular weight excluding hydrogens is 242 g/mol. The molecule has 1 heterocycles. The van der Waals surface area contributed by atoms with Crippen molar-refractivity contribution in [2.45, 2.75) is 57.3 Å². The van der Waals surface area contributed by atoms with Crippen LogP contribution < -0.4 is 5.32 Å². The second-order valence-electron chi connectivity index (χ2n) is 5.70. The summed E-state index contributed by atoms with van der Waals surface area (Å²) in [7, 11) is 0. The molecule has 104 valence electrons. The average molecular weight is 263 g/mol. The second kappa shape index (κ2) is 5.72. The molecular formula is C14H21N3O2. The molecule has 1 N–H and O–H groups in total. The van der Waals surface area contributed by atoms with Gasteiger partial charge in [0.25, 0.3) is 0 Å². The van der Waals surface area contributed by atoms with Crippen LogP contribution in [0, 0.1) is 5.92 Å². The van der Waals surface area contributed by atoms with Crippen LogP contribution in [-0.4, -0.2) is 22.6 Å². The number of carbonyl (C=O) groups is 1. The van der Waals surface area contributed by atoms with Crippen LogP contribution in [0.1, 0.15) is 62.6 Å². The SMILES string of the molecule is O=C(NCCc1noc(C2CC2)n1)C1CCCCC1. The first-order chi connectivity index (χ1) is 9.33. The lowest BCUT2D eigenvalue weighted by Crippen LogP contribution is -2.33. The summed E-state index contributed by atoms with van der Waals surface area (Å²) in [5, 5.41) is 6.94. The Hall–Kier alpha value is -1.39. The van der Waals surface area contributed by atoms with Crippen LogP contribution in [0.5, 0.6) is 0 Å². The molecule has 0 atom stereocenters. The van der Waals surface area contributed by atoms with Gasteiger partial charge in [0.1, 0.15) is 0 Å². The Morgan fingerprint density at radius 3 is 2.74 bits per heavy atom. The van der Waals surface area contributed by atoms with E-state index in [0.29, 0.717) is 24.7 Å². The maximum atomic E-state index is 11.9. The first kappa shape index (κ1) is 12.6. The molecule has 0 radical (unpaired) electrons. The van der Waals surface area contributed by atoms with Crippen LogP contribution in [0.3, 0.4) is 0 Å². The topological polar surface area (TPSA) is 68.0 Å². The molecule has 2 fully saturated rings. The van der Waals surface area contributed by atoms with E-state index in [1.165, 1.54) is 32.1 Å². The van der Waals surface area contributed by atoms with E-state index in [1.54, 1.807) is 0 Å². The van der Waals surface area contributed by atoms with Gasteiger partial charge in [0, 0.05) is 24.8 Å². The van der Waals surface area contributed by atoms with Crippen LogP contribution >= 0.6 is 0 Å². The van der Waals surface area contributed by atoms with Gasteiger partial charge >= 0.3 is 0 Å². The van der Waals surface area contributed by atoms with Gasteiger partial charge in [0.2, 0.25) is 11.8 Å². The normalized spacial score (nSPS) is 20.4. The Balaban J connectivity index is 1.40. The van der Waals surface area contributed by atoms with Gasteiger partial charge in [-0.15, -0.1) is 0 Å². The summed E-state index contributed by atoms with van der Waals surface area (Å²) >= 11 is 0. The van der Waals surface area contributed by atoms with Crippen molar-refractivity contribution in [3.8, 4) is 0 Å². The number of hydrogen-bond acceptors (Lipinski definition) is 4. The first-order valence-electron chi connectivity index (χ1n) is 7.43. The number of amides is 1. The molecule has 1 amide bonds. The van der Waals surface area contributed by atoms with Crippen molar-refractivity contribution >= 4 is 5.91 Å². The minimum atomic E-state index is 0.200. The molecule has 2 saturated carbocycles. The highest BCUT2D eigenvalue weighted by Crippen LogP contribution is 2.38. The summed E-state index contributed by atoms with van der Waals surface area (Å²) in [6.45, 7) is 0.610. The predicted octanol–water partition coefficient (Wildman–Crippen LogP) is 2.19. The maximum Gasteiger partial charge on any atom is 0.229 e. The first-order valence-corrected chi connectivity index (χ1v) is 7.43. The zero-order valence-electron chi connectivity index (χ0n) is 11.2. The Morgan fingerprint density at radius 1 is 1.21 bits per heavy atom. The van der Waals surface area contributed by atoms with Crippen molar-refractivity contribution in [1.29, 1.82) is 0 Å². The van der Waals surface area contributed by atoms with Gasteiger partial charge in [0.05, 0.1) is 0 Å². The van der Waals surface area contributed by atoms with Crippen molar-refractivity contribution in [3.05, 3.63) is 11.7 Å². The molecule has 19 heavy (non-hydrogen) atoms. The van der Waals surface area contributed by atoms with Crippen LogP contribution in [0.25, 0.3) is 0 Å². The van der Waals surface area contributed by atoms with E-state index in [-0.39, 0.29) is 11.8 Å². The quantitative estimate of drug-likeness (QED) is 0.884. The molecule has 0 unspecified atom stereocenters.